The Bertz CT molecular complexity index is 1290. The number of benzene rings is 2. The highest BCUT2D eigenvalue weighted by atomic mass is 32.2. The summed E-state index contributed by atoms with van der Waals surface area (Å²) in [6.45, 7) is 0.108. The third kappa shape index (κ3) is 8.67. The van der Waals surface area contributed by atoms with Crippen LogP contribution in [0.5, 0.6) is 0 Å². The number of nitrogens with one attached hydrogen (secondary N) is 1. The molecule has 0 fully saturated rings. The van der Waals surface area contributed by atoms with Crippen molar-refractivity contribution >= 4 is 21.6 Å². The van der Waals surface area contributed by atoms with Gasteiger partial charge < -0.3 is 5.32 Å². The van der Waals surface area contributed by atoms with E-state index in [2.05, 4.69) is 28.2 Å². The first kappa shape index (κ1) is 24.9. The minimum Gasteiger partial charge on any atom is -0.339 e. The standard InChI is InChI=1S/C26H26N4O3S/c1-34(31,32)33-18-7-3-4-10-23-20-28-25(30-26(23)29-24-11-5-2-6-12-24)13-8-9-21-14-16-22(19-27)17-15-21/h2,5-6,11-12,14-17,20H,3,7-9,13,18H2,1H3,(H,28,29,30). The Morgan fingerprint density at radius 2 is 1.79 bits per heavy atom. The van der Waals surface area contributed by atoms with Gasteiger partial charge in [-0.2, -0.15) is 13.7 Å². The number of para-hydroxylation sites is 1. The van der Waals surface area contributed by atoms with Crippen LogP contribution in [0, 0.1) is 23.2 Å². The Morgan fingerprint density at radius 1 is 1.03 bits per heavy atom. The number of rotatable bonds is 10. The highest BCUT2D eigenvalue weighted by Gasteiger charge is 2.07. The maximum absolute atomic E-state index is 11.0. The van der Waals surface area contributed by atoms with Gasteiger partial charge in [0, 0.05) is 24.7 Å². The van der Waals surface area contributed by atoms with E-state index < -0.39 is 10.1 Å². The largest absolute Gasteiger partial charge is 0.339 e. The van der Waals surface area contributed by atoms with E-state index in [1.807, 2.05) is 54.6 Å². The van der Waals surface area contributed by atoms with Crippen molar-refractivity contribution < 1.29 is 12.6 Å². The topological polar surface area (TPSA) is 105 Å². The Labute approximate surface area is 201 Å². The molecule has 0 spiro atoms. The van der Waals surface area contributed by atoms with Gasteiger partial charge in [0.15, 0.2) is 0 Å². The molecule has 0 aliphatic carbocycles. The maximum Gasteiger partial charge on any atom is 0.264 e. The van der Waals surface area contributed by atoms with Gasteiger partial charge in [-0.3, -0.25) is 4.18 Å². The highest BCUT2D eigenvalue weighted by Crippen LogP contribution is 2.18. The Morgan fingerprint density at radius 3 is 2.50 bits per heavy atom. The lowest BCUT2D eigenvalue weighted by Gasteiger charge is -2.09. The van der Waals surface area contributed by atoms with Crippen molar-refractivity contribution in [3.63, 3.8) is 0 Å². The van der Waals surface area contributed by atoms with Crippen LogP contribution in [0.1, 0.15) is 41.8 Å². The first-order chi connectivity index (χ1) is 16.4. The molecular formula is C26H26N4O3S. The van der Waals surface area contributed by atoms with E-state index in [1.165, 1.54) is 5.56 Å². The van der Waals surface area contributed by atoms with Crippen LogP contribution in [0.25, 0.3) is 0 Å². The highest BCUT2D eigenvalue weighted by molar-refractivity contribution is 7.85. The lowest BCUT2D eigenvalue weighted by molar-refractivity contribution is 0.317. The molecule has 34 heavy (non-hydrogen) atoms. The van der Waals surface area contributed by atoms with Crippen molar-refractivity contribution in [2.75, 3.05) is 18.2 Å². The number of nitrogens with zero attached hydrogens (tertiary/aromatic N) is 3. The first-order valence-corrected chi connectivity index (χ1v) is 12.7. The van der Waals surface area contributed by atoms with E-state index in [4.69, 9.17) is 14.4 Å². The first-order valence-electron chi connectivity index (χ1n) is 10.9. The van der Waals surface area contributed by atoms with Gasteiger partial charge in [0.05, 0.1) is 30.1 Å². The van der Waals surface area contributed by atoms with E-state index in [9.17, 15) is 8.42 Å². The molecule has 0 amide bonds. The molecule has 3 rings (SSSR count). The van der Waals surface area contributed by atoms with E-state index in [0.29, 0.717) is 36.2 Å². The molecule has 0 unspecified atom stereocenters. The van der Waals surface area contributed by atoms with E-state index in [1.54, 1.807) is 6.20 Å². The van der Waals surface area contributed by atoms with Crippen molar-refractivity contribution in [2.24, 2.45) is 0 Å². The smallest absolute Gasteiger partial charge is 0.264 e. The summed E-state index contributed by atoms with van der Waals surface area (Å²) < 4.78 is 26.8. The predicted molar refractivity (Wildman–Crippen MR) is 132 cm³/mol. The predicted octanol–water partition coefficient (Wildman–Crippen LogP) is 4.38. The van der Waals surface area contributed by atoms with Crippen molar-refractivity contribution in [3.8, 4) is 17.9 Å². The molecule has 0 radical (unpaired) electrons. The van der Waals surface area contributed by atoms with Crippen molar-refractivity contribution in [1.82, 2.24) is 9.97 Å². The second-order valence-corrected chi connectivity index (χ2v) is 9.28. The van der Waals surface area contributed by atoms with Crippen LogP contribution in [0.4, 0.5) is 11.5 Å². The van der Waals surface area contributed by atoms with Crippen LogP contribution in [0.3, 0.4) is 0 Å². The monoisotopic (exact) mass is 474 g/mol. The minimum atomic E-state index is -3.43. The zero-order valence-electron chi connectivity index (χ0n) is 19.0. The average molecular weight is 475 g/mol. The van der Waals surface area contributed by atoms with Crippen molar-refractivity contribution in [3.05, 3.63) is 83.3 Å². The molecule has 0 aliphatic rings. The molecule has 1 aromatic heterocycles. The van der Waals surface area contributed by atoms with Crippen LogP contribution in [-0.4, -0.2) is 31.2 Å². The number of aryl methyl sites for hydroxylation is 2. The summed E-state index contributed by atoms with van der Waals surface area (Å²) >= 11 is 0. The average Bonchev–Trinajstić information content (AvgIpc) is 2.83. The number of hydrogen-bond acceptors (Lipinski definition) is 7. The fraction of sp³-hybridized carbons (Fsp3) is 0.269. The Balaban J connectivity index is 1.65. The molecule has 0 atom stereocenters. The van der Waals surface area contributed by atoms with Gasteiger partial charge in [-0.25, -0.2) is 9.97 Å². The van der Waals surface area contributed by atoms with Crippen LogP contribution in [0.2, 0.25) is 0 Å². The van der Waals surface area contributed by atoms with E-state index in [0.717, 1.165) is 30.6 Å². The molecule has 0 bridgehead atoms. The van der Waals surface area contributed by atoms with Crippen molar-refractivity contribution in [2.45, 2.75) is 32.1 Å². The Kier molecular flexibility index (Phi) is 9.16. The third-order valence-corrected chi connectivity index (χ3v) is 5.39. The molecule has 174 valence electrons. The van der Waals surface area contributed by atoms with E-state index >= 15 is 0 Å². The van der Waals surface area contributed by atoms with Crippen molar-refractivity contribution in [1.29, 1.82) is 5.26 Å². The molecular weight excluding hydrogens is 448 g/mol. The molecule has 2 aromatic carbocycles. The number of nitriles is 1. The number of hydrogen-bond donors (Lipinski definition) is 1. The summed E-state index contributed by atoms with van der Waals surface area (Å²) in [5.74, 6) is 7.48. The van der Waals surface area contributed by atoms with Gasteiger partial charge in [0.1, 0.15) is 11.6 Å². The van der Waals surface area contributed by atoms with Crippen LogP contribution in [-0.2, 0) is 27.1 Å². The van der Waals surface area contributed by atoms with Gasteiger partial charge in [-0.1, -0.05) is 42.2 Å². The molecule has 0 saturated heterocycles. The zero-order chi connectivity index (χ0) is 24.2. The summed E-state index contributed by atoms with van der Waals surface area (Å²) in [6.07, 6.45) is 6.21. The summed E-state index contributed by atoms with van der Waals surface area (Å²) in [5.41, 5.74) is 3.39. The molecule has 0 aliphatic heterocycles. The number of aromatic nitrogens is 2. The molecule has 1 N–H and O–H groups in total. The quantitative estimate of drug-likeness (QED) is 0.264. The van der Waals surface area contributed by atoms with Gasteiger partial charge in [0.2, 0.25) is 0 Å². The SMILES string of the molecule is CS(=O)(=O)OCCCC#Cc1cnc(CCCc2ccc(C#N)cc2)nc1Nc1ccccc1. The molecule has 0 saturated carbocycles. The summed E-state index contributed by atoms with van der Waals surface area (Å²) in [6, 6.07) is 19.5. The normalized spacial score (nSPS) is 10.7. The second kappa shape index (κ2) is 12.5. The van der Waals surface area contributed by atoms with Gasteiger partial charge in [0.25, 0.3) is 10.1 Å². The van der Waals surface area contributed by atoms with Gasteiger partial charge >= 0.3 is 0 Å². The molecule has 7 nitrogen and oxygen atoms in total. The number of unbranched alkanes of at least 4 members (excludes halogenated alkanes) is 1. The summed E-state index contributed by atoms with van der Waals surface area (Å²) in [4.78, 5) is 9.19. The lowest BCUT2D eigenvalue weighted by Crippen LogP contribution is -2.04. The second-order valence-electron chi connectivity index (χ2n) is 7.63. The molecule has 1 heterocycles. The fourth-order valence-electron chi connectivity index (χ4n) is 3.11. The van der Waals surface area contributed by atoms with Crippen LogP contribution < -0.4 is 5.32 Å². The third-order valence-electron chi connectivity index (χ3n) is 4.79. The van der Waals surface area contributed by atoms with Gasteiger partial charge in [-0.05, 0) is 49.1 Å². The van der Waals surface area contributed by atoms with E-state index in [-0.39, 0.29) is 6.61 Å². The lowest BCUT2D eigenvalue weighted by atomic mass is 10.1. The number of anilines is 2. The zero-order valence-corrected chi connectivity index (χ0v) is 19.8. The van der Waals surface area contributed by atoms with Crippen LogP contribution >= 0.6 is 0 Å². The fourth-order valence-corrected chi connectivity index (χ4v) is 3.53. The molecule has 3 aromatic rings. The maximum atomic E-state index is 11.0. The summed E-state index contributed by atoms with van der Waals surface area (Å²) in [5, 5.41) is 12.2. The Hall–Kier alpha value is -3.72. The molecule has 8 heteroatoms. The summed E-state index contributed by atoms with van der Waals surface area (Å²) in [7, 11) is -3.43. The van der Waals surface area contributed by atoms with Crippen LogP contribution in [0.15, 0.2) is 60.8 Å². The minimum absolute atomic E-state index is 0.108. The van der Waals surface area contributed by atoms with Gasteiger partial charge in [-0.15, -0.1) is 0 Å².